The zero-order chi connectivity index (χ0) is 19.7. The average molecular weight is 371 g/mol. The summed E-state index contributed by atoms with van der Waals surface area (Å²) in [5.41, 5.74) is 3.40. The van der Waals surface area contributed by atoms with Crippen LogP contribution in [0.4, 0.5) is 0 Å². The van der Waals surface area contributed by atoms with Crippen LogP contribution >= 0.6 is 0 Å². The van der Waals surface area contributed by atoms with E-state index in [-0.39, 0.29) is 5.91 Å². The van der Waals surface area contributed by atoms with Crippen LogP contribution < -0.4 is 5.32 Å². The van der Waals surface area contributed by atoms with Crippen LogP contribution in [0, 0.1) is 35.0 Å². The van der Waals surface area contributed by atoms with Gasteiger partial charge in [-0.25, -0.2) is 0 Å². The number of benzene rings is 1. The molecule has 4 heteroatoms. The van der Waals surface area contributed by atoms with Crippen molar-refractivity contribution in [3.63, 3.8) is 0 Å². The van der Waals surface area contributed by atoms with Gasteiger partial charge in [0.1, 0.15) is 0 Å². The van der Waals surface area contributed by atoms with Crippen molar-refractivity contribution in [1.82, 2.24) is 10.3 Å². The molecule has 5 atom stereocenters. The Morgan fingerprint density at radius 1 is 1.21 bits per heavy atom. The summed E-state index contributed by atoms with van der Waals surface area (Å²) in [6.07, 6.45) is 7.87. The molecule has 4 nitrogen and oxygen atoms in total. The number of allylic oxidation sites excluding steroid dienone is 1. The Hall–Kier alpha value is -2.93. The van der Waals surface area contributed by atoms with Crippen LogP contribution in [-0.2, 0) is 4.79 Å². The highest BCUT2D eigenvalue weighted by Gasteiger charge is 2.44. The topological polar surface area (TPSA) is 65.8 Å². The number of hydrogen-bond acceptors (Lipinski definition) is 3. The van der Waals surface area contributed by atoms with Crippen molar-refractivity contribution in [2.75, 3.05) is 0 Å². The molecule has 2 aliphatic rings. The van der Waals surface area contributed by atoms with E-state index in [4.69, 9.17) is 0 Å². The number of pyridine rings is 1. The van der Waals surface area contributed by atoms with E-state index < -0.39 is 0 Å². The second-order valence-electron chi connectivity index (χ2n) is 8.18. The molecular weight excluding hydrogens is 346 g/mol. The first-order valence-corrected chi connectivity index (χ1v) is 10.00. The van der Waals surface area contributed by atoms with Crippen molar-refractivity contribution in [2.24, 2.45) is 23.7 Å². The number of nitriles is 1. The van der Waals surface area contributed by atoms with Crippen LogP contribution in [0.15, 0.2) is 48.7 Å². The van der Waals surface area contributed by atoms with Gasteiger partial charge in [-0.1, -0.05) is 44.2 Å². The lowest BCUT2D eigenvalue weighted by atomic mass is 9.66. The zero-order valence-electron chi connectivity index (χ0n) is 16.3. The Morgan fingerprint density at radius 3 is 2.79 bits per heavy atom. The van der Waals surface area contributed by atoms with Crippen LogP contribution in [0.5, 0.6) is 0 Å². The fraction of sp³-hybridized carbons (Fsp3) is 0.375. The van der Waals surface area contributed by atoms with Crippen molar-refractivity contribution in [1.29, 1.82) is 5.26 Å². The second-order valence-corrected chi connectivity index (χ2v) is 8.18. The maximum Gasteiger partial charge on any atom is 0.220 e. The van der Waals surface area contributed by atoms with Gasteiger partial charge in [0, 0.05) is 29.8 Å². The number of carbonyl (C=O) groups excluding carboxylic acids is 1. The summed E-state index contributed by atoms with van der Waals surface area (Å²) in [7, 11) is 0. The fourth-order valence-corrected chi connectivity index (χ4v) is 4.77. The van der Waals surface area contributed by atoms with Crippen molar-refractivity contribution in [2.45, 2.75) is 32.7 Å². The Morgan fingerprint density at radius 2 is 2.04 bits per heavy atom. The maximum atomic E-state index is 11.9. The summed E-state index contributed by atoms with van der Waals surface area (Å²) in [4.78, 5) is 16.5. The maximum absolute atomic E-state index is 11.9. The van der Waals surface area contributed by atoms with Gasteiger partial charge in [0.15, 0.2) is 0 Å². The van der Waals surface area contributed by atoms with Gasteiger partial charge in [0.25, 0.3) is 0 Å². The number of fused-ring (bicyclic) bond motifs is 1. The first kappa shape index (κ1) is 18.4. The minimum atomic E-state index is 0.188. The van der Waals surface area contributed by atoms with E-state index in [1.54, 1.807) is 0 Å². The highest BCUT2D eigenvalue weighted by molar-refractivity contribution is 5.79. The number of hydrogen-bond donors (Lipinski definition) is 1. The first-order chi connectivity index (χ1) is 13.6. The van der Waals surface area contributed by atoms with Gasteiger partial charge in [0.2, 0.25) is 5.91 Å². The Labute approximate surface area is 166 Å². The van der Waals surface area contributed by atoms with E-state index in [9.17, 15) is 10.1 Å². The minimum absolute atomic E-state index is 0.188. The van der Waals surface area contributed by atoms with E-state index in [1.165, 1.54) is 0 Å². The summed E-state index contributed by atoms with van der Waals surface area (Å²) in [6, 6.07) is 14.1. The Bertz CT molecular complexity index is 941. The van der Waals surface area contributed by atoms with Gasteiger partial charge >= 0.3 is 0 Å². The third kappa shape index (κ3) is 3.45. The van der Waals surface area contributed by atoms with Gasteiger partial charge in [-0.2, -0.15) is 5.26 Å². The van der Waals surface area contributed by atoms with Crippen molar-refractivity contribution >= 4 is 12.0 Å². The second kappa shape index (κ2) is 7.59. The number of rotatable bonds is 3. The minimum Gasteiger partial charge on any atom is -0.353 e. The molecule has 1 aromatic heterocycles. The normalized spacial score (nSPS) is 29.3. The average Bonchev–Trinajstić information content (AvgIpc) is 3.08. The van der Waals surface area contributed by atoms with Gasteiger partial charge in [-0.05, 0) is 48.3 Å². The molecule has 28 heavy (non-hydrogen) atoms. The van der Waals surface area contributed by atoms with Crippen molar-refractivity contribution in [3.8, 4) is 17.2 Å². The SMILES string of the molecule is C[C@H]1[C@H](/C=C/c2ccc(-c3ccccc3C#N)cn2)[C@@H]2CC(=O)N[C@@H]2C[C@@H]1C. The third-order valence-electron chi connectivity index (χ3n) is 6.54. The standard InChI is InChI=1S/C24H25N3O/c1-15-11-23-22(12-24(28)27-23)20(16(15)2)10-9-19-8-7-18(14-26-19)21-6-4-3-5-17(21)13-25/h3-10,14-16,20,22-23H,11-12H2,1-2H3,(H,27,28)/b10-9+/t15-,16+,20-,22-,23+/m0/s1. The Kier molecular flexibility index (Phi) is 5.00. The lowest BCUT2D eigenvalue weighted by Gasteiger charge is -2.40. The molecule has 142 valence electrons. The smallest absolute Gasteiger partial charge is 0.220 e. The Balaban J connectivity index is 1.54. The molecule has 1 aliphatic heterocycles. The summed E-state index contributed by atoms with van der Waals surface area (Å²) < 4.78 is 0. The lowest BCUT2D eigenvalue weighted by molar-refractivity contribution is -0.119. The molecule has 2 aromatic rings. The van der Waals surface area contributed by atoms with E-state index in [0.717, 1.165) is 23.2 Å². The number of nitrogens with zero attached hydrogens (tertiary/aromatic N) is 2. The van der Waals surface area contributed by atoms with Crippen molar-refractivity contribution in [3.05, 3.63) is 59.9 Å². The molecule has 1 N–H and O–H groups in total. The predicted octanol–water partition coefficient (Wildman–Crippen LogP) is 4.43. The van der Waals surface area contributed by atoms with Crippen LogP contribution in [0.1, 0.15) is 37.9 Å². The molecule has 2 fully saturated rings. The van der Waals surface area contributed by atoms with Crippen LogP contribution in [-0.4, -0.2) is 16.9 Å². The molecule has 1 aromatic carbocycles. The molecule has 0 spiro atoms. The van der Waals surface area contributed by atoms with Crippen LogP contribution in [0.2, 0.25) is 0 Å². The number of aromatic nitrogens is 1. The van der Waals surface area contributed by atoms with E-state index in [2.05, 4.69) is 42.4 Å². The predicted molar refractivity (Wildman–Crippen MR) is 110 cm³/mol. The van der Waals surface area contributed by atoms with E-state index >= 15 is 0 Å². The number of carbonyl (C=O) groups is 1. The fourth-order valence-electron chi connectivity index (χ4n) is 4.77. The van der Waals surface area contributed by atoms with E-state index in [1.807, 2.05) is 42.6 Å². The van der Waals surface area contributed by atoms with Gasteiger partial charge in [-0.15, -0.1) is 0 Å². The summed E-state index contributed by atoms with van der Waals surface area (Å²) in [5, 5.41) is 12.4. The molecule has 2 heterocycles. The molecule has 1 aliphatic carbocycles. The monoisotopic (exact) mass is 371 g/mol. The highest BCUT2D eigenvalue weighted by atomic mass is 16.2. The summed E-state index contributed by atoms with van der Waals surface area (Å²) >= 11 is 0. The van der Waals surface area contributed by atoms with Crippen LogP contribution in [0.25, 0.3) is 17.2 Å². The molecule has 0 radical (unpaired) electrons. The van der Waals surface area contributed by atoms with Crippen LogP contribution in [0.3, 0.4) is 0 Å². The molecule has 0 unspecified atom stereocenters. The highest BCUT2D eigenvalue weighted by Crippen LogP contribution is 2.43. The molecule has 4 rings (SSSR count). The first-order valence-electron chi connectivity index (χ1n) is 10.00. The molecular formula is C24H25N3O. The summed E-state index contributed by atoms with van der Waals surface area (Å²) in [6.45, 7) is 4.58. The lowest BCUT2D eigenvalue weighted by Crippen LogP contribution is -2.42. The number of nitrogens with one attached hydrogen (secondary N) is 1. The molecule has 1 saturated heterocycles. The molecule has 0 bridgehead atoms. The third-order valence-corrected chi connectivity index (χ3v) is 6.54. The summed E-state index contributed by atoms with van der Waals surface area (Å²) in [5.74, 6) is 2.10. The quantitative estimate of drug-likeness (QED) is 0.868. The van der Waals surface area contributed by atoms with Gasteiger partial charge in [-0.3, -0.25) is 9.78 Å². The molecule has 1 amide bonds. The number of amides is 1. The zero-order valence-corrected chi connectivity index (χ0v) is 16.3. The van der Waals surface area contributed by atoms with E-state index in [0.29, 0.717) is 41.7 Å². The van der Waals surface area contributed by atoms with Crippen molar-refractivity contribution < 1.29 is 4.79 Å². The van der Waals surface area contributed by atoms with Gasteiger partial charge < -0.3 is 5.32 Å². The molecule has 1 saturated carbocycles. The van der Waals surface area contributed by atoms with Gasteiger partial charge in [0.05, 0.1) is 17.3 Å². The largest absolute Gasteiger partial charge is 0.353 e.